The zero-order valence-electron chi connectivity index (χ0n) is 21.0. The first-order valence-corrected chi connectivity index (χ1v) is 13.1. The molecule has 3 aliphatic rings. The molecule has 2 saturated heterocycles. The van der Waals surface area contributed by atoms with E-state index < -0.39 is 0 Å². The quantitative estimate of drug-likeness (QED) is 0.589. The molecule has 0 bridgehead atoms. The van der Waals surface area contributed by atoms with Crippen molar-refractivity contribution < 1.29 is 0 Å². The van der Waals surface area contributed by atoms with Crippen LogP contribution < -0.4 is 9.80 Å². The summed E-state index contributed by atoms with van der Waals surface area (Å²) >= 11 is 0. The van der Waals surface area contributed by atoms with Crippen molar-refractivity contribution in [2.45, 2.75) is 44.6 Å². The molecule has 0 radical (unpaired) electrons. The number of fused-ring (bicyclic) bond motifs is 1. The summed E-state index contributed by atoms with van der Waals surface area (Å²) in [6, 6.07) is 7.20. The second kappa shape index (κ2) is 10.4. The van der Waals surface area contributed by atoms with Crippen molar-refractivity contribution in [1.82, 2.24) is 19.8 Å². The van der Waals surface area contributed by atoms with Crippen molar-refractivity contribution in [3.63, 3.8) is 0 Å². The Bertz CT molecular complexity index is 990. The van der Waals surface area contributed by atoms with Gasteiger partial charge in [-0.25, -0.2) is 9.97 Å². The van der Waals surface area contributed by atoms with E-state index in [1.54, 1.807) is 0 Å². The highest BCUT2D eigenvalue weighted by atomic mass is 15.2. The first kappa shape index (κ1) is 23.3. The van der Waals surface area contributed by atoms with E-state index in [1.165, 1.54) is 63.0 Å². The highest BCUT2D eigenvalue weighted by Gasteiger charge is 2.24. The first-order valence-electron chi connectivity index (χ1n) is 13.1. The van der Waals surface area contributed by atoms with Crippen LogP contribution in [-0.2, 0) is 6.42 Å². The summed E-state index contributed by atoms with van der Waals surface area (Å²) in [5, 5.41) is 0. The maximum atomic E-state index is 5.05. The summed E-state index contributed by atoms with van der Waals surface area (Å²) in [7, 11) is 4.44. The predicted octanol–water partition coefficient (Wildman–Crippen LogP) is 4.17. The van der Waals surface area contributed by atoms with E-state index in [0.29, 0.717) is 6.04 Å². The molecule has 0 N–H and O–H groups in total. The zero-order chi connectivity index (χ0) is 23.5. The molecule has 1 aromatic heterocycles. The number of hydrogen-bond donors (Lipinski definition) is 0. The van der Waals surface area contributed by atoms with E-state index in [1.807, 2.05) is 12.3 Å². The number of anilines is 2. The van der Waals surface area contributed by atoms with Crippen molar-refractivity contribution in [2.75, 3.05) is 69.7 Å². The molecule has 6 nitrogen and oxygen atoms in total. The SMILES string of the molecule is C=Cc1cc(-c2ncc3c(n2)N(CCCN2CCCC2)CC3)ccc1N(C)C1CCN(C)CC1. The lowest BCUT2D eigenvalue weighted by Gasteiger charge is -2.37. The third-order valence-corrected chi connectivity index (χ3v) is 8.01. The van der Waals surface area contributed by atoms with Crippen molar-refractivity contribution in [3.05, 3.63) is 42.1 Å². The van der Waals surface area contributed by atoms with Gasteiger partial charge in [0.1, 0.15) is 5.82 Å². The topological polar surface area (TPSA) is 38.7 Å². The summed E-state index contributed by atoms with van der Waals surface area (Å²) in [5.41, 5.74) is 4.76. The van der Waals surface area contributed by atoms with Crippen molar-refractivity contribution >= 4 is 17.6 Å². The maximum absolute atomic E-state index is 5.05. The fourth-order valence-electron chi connectivity index (χ4n) is 5.81. The van der Waals surface area contributed by atoms with Crippen molar-refractivity contribution in [1.29, 1.82) is 0 Å². The summed E-state index contributed by atoms with van der Waals surface area (Å²) in [6.45, 7) is 12.3. The van der Waals surface area contributed by atoms with Crippen LogP contribution in [0.2, 0.25) is 0 Å². The van der Waals surface area contributed by atoms with Crippen LogP contribution >= 0.6 is 0 Å². The van der Waals surface area contributed by atoms with Crippen LogP contribution in [-0.4, -0.2) is 85.7 Å². The number of likely N-dealkylation sites (tertiary alicyclic amines) is 2. The molecule has 34 heavy (non-hydrogen) atoms. The Morgan fingerprint density at radius 2 is 1.88 bits per heavy atom. The van der Waals surface area contributed by atoms with E-state index >= 15 is 0 Å². The molecule has 0 unspecified atom stereocenters. The average molecular weight is 461 g/mol. The molecule has 2 aromatic rings. The Morgan fingerprint density at radius 3 is 2.65 bits per heavy atom. The standard InChI is InChI=1S/C28H40N6/c1-4-22-20-23(8-9-26(22)32(3)25-11-17-31(2)18-12-25)27-29-21-24-10-19-34(28(24)30-27)16-7-15-33-13-5-6-14-33/h4,8-9,20-21,25H,1,5-7,10-19H2,2-3H3. The van der Waals surface area contributed by atoms with Gasteiger partial charge in [0.15, 0.2) is 5.82 Å². The van der Waals surface area contributed by atoms with E-state index in [9.17, 15) is 0 Å². The number of rotatable bonds is 8. The Labute approximate surface area is 205 Å². The molecule has 0 saturated carbocycles. The monoisotopic (exact) mass is 460 g/mol. The molecule has 5 rings (SSSR count). The molecular formula is C28H40N6. The summed E-state index contributed by atoms with van der Waals surface area (Å²) in [6.07, 6.45) is 11.4. The summed E-state index contributed by atoms with van der Waals surface area (Å²) in [4.78, 5) is 19.7. The van der Waals surface area contributed by atoms with E-state index in [4.69, 9.17) is 9.97 Å². The lowest BCUT2D eigenvalue weighted by Crippen LogP contribution is -2.42. The Kier molecular flexibility index (Phi) is 7.16. The van der Waals surface area contributed by atoms with Gasteiger partial charge in [-0.15, -0.1) is 0 Å². The average Bonchev–Trinajstić information content (AvgIpc) is 3.53. The van der Waals surface area contributed by atoms with Crippen molar-refractivity contribution in [2.24, 2.45) is 0 Å². The van der Waals surface area contributed by atoms with Crippen LogP contribution in [0.25, 0.3) is 17.5 Å². The molecule has 6 heteroatoms. The molecule has 1 aromatic carbocycles. The minimum Gasteiger partial charge on any atom is -0.371 e. The Hall–Kier alpha value is -2.44. The van der Waals surface area contributed by atoms with Gasteiger partial charge < -0.3 is 19.6 Å². The highest BCUT2D eigenvalue weighted by molar-refractivity contribution is 5.73. The van der Waals surface area contributed by atoms with Crippen LogP contribution in [0.15, 0.2) is 31.0 Å². The van der Waals surface area contributed by atoms with Gasteiger partial charge in [0.05, 0.1) is 0 Å². The molecule has 2 fully saturated rings. The van der Waals surface area contributed by atoms with Crippen molar-refractivity contribution in [3.8, 4) is 11.4 Å². The molecule has 0 aliphatic carbocycles. The van der Waals surface area contributed by atoms with Crippen LogP contribution in [0.5, 0.6) is 0 Å². The molecule has 0 spiro atoms. The predicted molar refractivity (Wildman–Crippen MR) is 143 cm³/mol. The summed E-state index contributed by atoms with van der Waals surface area (Å²) < 4.78 is 0. The minimum absolute atomic E-state index is 0.575. The van der Waals surface area contributed by atoms with Crippen LogP contribution in [0.3, 0.4) is 0 Å². The molecule has 3 aliphatic heterocycles. The van der Waals surface area contributed by atoms with Crippen LogP contribution in [0.1, 0.15) is 43.2 Å². The third-order valence-electron chi connectivity index (χ3n) is 8.01. The number of hydrogen-bond acceptors (Lipinski definition) is 6. The van der Waals surface area contributed by atoms with Crippen LogP contribution in [0, 0.1) is 0 Å². The third kappa shape index (κ3) is 4.98. The molecule has 0 amide bonds. The molecule has 4 heterocycles. The largest absolute Gasteiger partial charge is 0.371 e. The van der Waals surface area contributed by atoms with Gasteiger partial charge in [-0.2, -0.15) is 0 Å². The molecular weight excluding hydrogens is 420 g/mol. The second-order valence-electron chi connectivity index (χ2n) is 10.3. The lowest BCUT2D eigenvalue weighted by atomic mass is 10.0. The number of aromatic nitrogens is 2. The van der Waals surface area contributed by atoms with E-state index in [2.05, 4.69) is 58.5 Å². The number of nitrogens with zero attached hydrogens (tertiary/aromatic N) is 6. The minimum atomic E-state index is 0.575. The van der Waals surface area contributed by atoms with Gasteiger partial charge >= 0.3 is 0 Å². The maximum Gasteiger partial charge on any atom is 0.161 e. The summed E-state index contributed by atoms with van der Waals surface area (Å²) in [5.74, 6) is 1.96. The Morgan fingerprint density at radius 1 is 1.09 bits per heavy atom. The number of benzene rings is 1. The van der Waals surface area contributed by atoms with E-state index in [0.717, 1.165) is 55.4 Å². The smallest absolute Gasteiger partial charge is 0.161 e. The van der Waals surface area contributed by atoms with Crippen LogP contribution in [0.4, 0.5) is 11.5 Å². The van der Waals surface area contributed by atoms with Gasteiger partial charge in [-0.05, 0) is 102 Å². The lowest BCUT2D eigenvalue weighted by molar-refractivity contribution is 0.253. The van der Waals surface area contributed by atoms with Gasteiger partial charge in [-0.3, -0.25) is 0 Å². The second-order valence-corrected chi connectivity index (χ2v) is 10.3. The van der Waals surface area contributed by atoms with Gasteiger partial charge in [-0.1, -0.05) is 12.7 Å². The van der Waals surface area contributed by atoms with Gasteiger partial charge in [0, 0.05) is 49.2 Å². The van der Waals surface area contributed by atoms with Gasteiger partial charge in [0.25, 0.3) is 0 Å². The molecule has 182 valence electrons. The molecule has 0 atom stereocenters. The highest BCUT2D eigenvalue weighted by Crippen LogP contribution is 2.32. The Balaban J connectivity index is 1.30. The van der Waals surface area contributed by atoms with E-state index in [-0.39, 0.29) is 0 Å². The normalized spacial score (nSPS) is 19.5. The fraction of sp³-hybridized carbons (Fsp3) is 0.571. The fourth-order valence-corrected chi connectivity index (χ4v) is 5.81. The number of piperidine rings is 1. The van der Waals surface area contributed by atoms with Gasteiger partial charge in [0.2, 0.25) is 0 Å². The first-order chi connectivity index (χ1) is 16.6. The zero-order valence-corrected chi connectivity index (χ0v) is 21.0.